The lowest BCUT2D eigenvalue weighted by molar-refractivity contribution is -0.145. The predicted octanol–water partition coefficient (Wildman–Crippen LogP) is 6.07. The number of carboxylic acids is 1. The summed E-state index contributed by atoms with van der Waals surface area (Å²) in [5, 5.41) is 9.94. The van der Waals surface area contributed by atoms with Gasteiger partial charge in [-0.05, 0) is 47.7 Å². The molecular weight excluding hydrogens is 371 g/mol. The van der Waals surface area contributed by atoms with Crippen molar-refractivity contribution < 1.29 is 14.6 Å². The molecule has 1 aliphatic carbocycles. The summed E-state index contributed by atoms with van der Waals surface area (Å²) in [6.45, 7) is 3.87. The van der Waals surface area contributed by atoms with E-state index in [0.29, 0.717) is 12.2 Å². The number of benzene rings is 2. The first-order chi connectivity index (χ1) is 12.3. The van der Waals surface area contributed by atoms with E-state index in [2.05, 4.69) is 0 Å². The summed E-state index contributed by atoms with van der Waals surface area (Å²) in [7, 11) is 0. The van der Waals surface area contributed by atoms with Crippen LogP contribution in [0, 0.1) is 16.7 Å². The molecule has 1 N–H and O–H groups in total. The van der Waals surface area contributed by atoms with Gasteiger partial charge in [-0.2, -0.15) is 0 Å². The van der Waals surface area contributed by atoms with Gasteiger partial charge >= 0.3 is 5.97 Å². The number of hydrogen-bond donors (Lipinski definition) is 1. The molecule has 3 nitrogen and oxygen atoms in total. The van der Waals surface area contributed by atoms with Crippen molar-refractivity contribution >= 4 is 29.2 Å². The van der Waals surface area contributed by atoms with Crippen LogP contribution >= 0.6 is 23.2 Å². The fourth-order valence-electron chi connectivity index (χ4n) is 3.86. The number of carboxylic acid groups (broad SMARTS) is 1. The van der Waals surface area contributed by atoms with Crippen molar-refractivity contribution in [3.8, 4) is 11.5 Å². The predicted molar refractivity (Wildman–Crippen MR) is 104 cm³/mol. The van der Waals surface area contributed by atoms with Crippen molar-refractivity contribution in [2.75, 3.05) is 0 Å². The number of halogens is 2. The third kappa shape index (κ3) is 3.34. The van der Waals surface area contributed by atoms with E-state index >= 15 is 0 Å². The number of ether oxygens (including phenoxy) is 1. The SMILES string of the molecule is CC1(C)[C@@H](C=C(Cl)Cl)[C@@]1(Cc1cccc(Oc2ccccc2)c1)C(=O)O. The molecule has 2 aromatic rings. The Morgan fingerprint density at radius 1 is 1.12 bits per heavy atom. The average Bonchev–Trinajstić information content (AvgIpc) is 3.03. The molecule has 2 atom stereocenters. The Morgan fingerprint density at radius 3 is 2.38 bits per heavy atom. The number of allylic oxidation sites excluding steroid dienone is 1. The van der Waals surface area contributed by atoms with E-state index in [-0.39, 0.29) is 10.4 Å². The Hall–Kier alpha value is -1.97. The minimum absolute atomic E-state index is 0.104. The zero-order valence-electron chi connectivity index (χ0n) is 14.6. The molecule has 0 saturated heterocycles. The molecule has 0 spiro atoms. The Balaban J connectivity index is 1.87. The molecule has 0 heterocycles. The number of para-hydroxylation sites is 1. The number of carbonyl (C=O) groups is 1. The van der Waals surface area contributed by atoms with E-state index < -0.39 is 16.8 Å². The average molecular weight is 391 g/mol. The van der Waals surface area contributed by atoms with Gasteiger partial charge in [0.2, 0.25) is 0 Å². The molecule has 0 bridgehead atoms. The second kappa shape index (κ2) is 6.98. The van der Waals surface area contributed by atoms with Gasteiger partial charge in [-0.1, -0.05) is 67.4 Å². The van der Waals surface area contributed by atoms with Gasteiger partial charge in [0.25, 0.3) is 0 Å². The molecule has 0 aliphatic heterocycles. The summed E-state index contributed by atoms with van der Waals surface area (Å²) in [4.78, 5) is 12.1. The van der Waals surface area contributed by atoms with Gasteiger partial charge < -0.3 is 9.84 Å². The van der Waals surface area contributed by atoms with Crippen LogP contribution in [0.15, 0.2) is 65.2 Å². The highest BCUT2D eigenvalue weighted by Crippen LogP contribution is 2.71. The summed E-state index contributed by atoms with van der Waals surface area (Å²) >= 11 is 11.6. The van der Waals surface area contributed by atoms with E-state index in [0.717, 1.165) is 11.3 Å². The maximum Gasteiger partial charge on any atom is 0.311 e. The van der Waals surface area contributed by atoms with Gasteiger partial charge in [0.15, 0.2) is 0 Å². The first-order valence-corrected chi connectivity index (χ1v) is 9.11. The molecule has 0 amide bonds. The minimum atomic E-state index is -0.937. The van der Waals surface area contributed by atoms with Gasteiger partial charge in [0.1, 0.15) is 16.0 Å². The highest BCUT2D eigenvalue weighted by atomic mass is 35.5. The second-order valence-corrected chi connectivity index (χ2v) is 8.18. The second-order valence-electron chi connectivity index (χ2n) is 7.17. The molecule has 136 valence electrons. The Labute approximate surface area is 163 Å². The van der Waals surface area contributed by atoms with Crippen LogP contribution in [0.3, 0.4) is 0 Å². The zero-order chi connectivity index (χ0) is 18.9. The van der Waals surface area contributed by atoms with Crippen molar-refractivity contribution in [1.82, 2.24) is 0 Å². The lowest BCUT2D eigenvalue weighted by Crippen LogP contribution is -2.24. The van der Waals surface area contributed by atoms with Gasteiger partial charge in [0.05, 0.1) is 5.41 Å². The van der Waals surface area contributed by atoms with E-state index in [1.54, 1.807) is 6.08 Å². The van der Waals surface area contributed by atoms with Gasteiger partial charge in [-0.25, -0.2) is 0 Å². The van der Waals surface area contributed by atoms with Crippen LogP contribution in [0.1, 0.15) is 19.4 Å². The quantitative estimate of drug-likeness (QED) is 0.650. The lowest BCUT2D eigenvalue weighted by atomic mass is 9.88. The summed E-state index contributed by atoms with van der Waals surface area (Å²) in [6.07, 6.45) is 2.02. The van der Waals surface area contributed by atoms with Crippen LogP contribution < -0.4 is 4.74 Å². The van der Waals surface area contributed by atoms with Crippen molar-refractivity contribution in [3.63, 3.8) is 0 Å². The van der Waals surface area contributed by atoms with Crippen molar-refractivity contribution in [1.29, 1.82) is 0 Å². The van der Waals surface area contributed by atoms with Crippen LogP contribution in [-0.4, -0.2) is 11.1 Å². The lowest BCUT2D eigenvalue weighted by Gasteiger charge is -2.16. The summed E-state index contributed by atoms with van der Waals surface area (Å²) in [5.41, 5.74) is -0.479. The molecule has 26 heavy (non-hydrogen) atoms. The molecule has 1 aliphatic rings. The van der Waals surface area contributed by atoms with Gasteiger partial charge in [0, 0.05) is 5.92 Å². The van der Waals surface area contributed by atoms with Crippen LogP contribution in [-0.2, 0) is 11.2 Å². The third-order valence-electron chi connectivity index (χ3n) is 5.41. The Kier molecular flexibility index (Phi) is 5.05. The van der Waals surface area contributed by atoms with E-state index in [9.17, 15) is 9.90 Å². The zero-order valence-corrected chi connectivity index (χ0v) is 16.1. The number of aliphatic carboxylic acids is 1. The molecular formula is C21H20Cl2O3. The third-order valence-corrected chi connectivity index (χ3v) is 5.66. The molecule has 0 radical (unpaired) electrons. The molecule has 3 rings (SSSR count). The van der Waals surface area contributed by atoms with Crippen molar-refractivity contribution in [2.24, 2.45) is 16.7 Å². The molecule has 1 saturated carbocycles. The monoisotopic (exact) mass is 390 g/mol. The molecule has 1 fully saturated rings. The summed E-state index contributed by atoms with van der Waals surface area (Å²) < 4.78 is 5.96. The highest BCUT2D eigenvalue weighted by molar-refractivity contribution is 6.55. The van der Waals surface area contributed by atoms with Gasteiger partial charge in [-0.15, -0.1) is 0 Å². The van der Waals surface area contributed by atoms with Gasteiger partial charge in [-0.3, -0.25) is 4.79 Å². The van der Waals surface area contributed by atoms with E-state index in [1.807, 2.05) is 68.4 Å². The highest BCUT2D eigenvalue weighted by Gasteiger charge is 2.74. The van der Waals surface area contributed by atoms with E-state index in [4.69, 9.17) is 27.9 Å². The Morgan fingerprint density at radius 2 is 1.77 bits per heavy atom. The summed E-state index contributed by atoms with van der Waals surface area (Å²) in [6, 6.07) is 17.0. The largest absolute Gasteiger partial charge is 0.481 e. The Bertz CT molecular complexity index is 841. The van der Waals surface area contributed by atoms with Crippen molar-refractivity contribution in [2.45, 2.75) is 20.3 Å². The fraction of sp³-hybridized carbons (Fsp3) is 0.286. The maximum atomic E-state index is 12.1. The van der Waals surface area contributed by atoms with E-state index in [1.165, 1.54) is 0 Å². The standard InChI is InChI=1S/C21H20Cl2O3/c1-20(2)17(12-18(22)23)21(20,19(24)25)13-14-7-6-10-16(11-14)26-15-8-4-3-5-9-15/h3-12,17H,13H2,1-2H3,(H,24,25)/t17-,21+/m1/s1. The normalized spacial score (nSPS) is 23.2. The smallest absolute Gasteiger partial charge is 0.311 e. The minimum Gasteiger partial charge on any atom is -0.481 e. The number of hydrogen-bond acceptors (Lipinski definition) is 2. The van der Waals surface area contributed by atoms with Crippen LogP contribution in [0.25, 0.3) is 0 Å². The first kappa shape index (κ1) is 18.8. The van der Waals surface area contributed by atoms with Crippen molar-refractivity contribution in [3.05, 3.63) is 70.7 Å². The molecule has 0 unspecified atom stereocenters. The topological polar surface area (TPSA) is 46.5 Å². The molecule has 0 aromatic heterocycles. The maximum absolute atomic E-state index is 12.1. The fourth-order valence-corrected chi connectivity index (χ4v) is 4.11. The molecule has 5 heteroatoms. The van der Waals surface area contributed by atoms with Crippen LogP contribution in [0.4, 0.5) is 0 Å². The number of rotatable bonds is 6. The van der Waals surface area contributed by atoms with Crippen LogP contribution in [0.2, 0.25) is 0 Å². The first-order valence-electron chi connectivity index (χ1n) is 8.35. The van der Waals surface area contributed by atoms with Crippen LogP contribution in [0.5, 0.6) is 11.5 Å². The summed E-state index contributed by atoms with van der Waals surface area (Å²) in [5.74, 6) is 0.346. The molecule has 2 aromatic carbocycles.